The van der Waals surface area contributed by atoms with Crippen molar-refractivity contribution in [1.82, 2.24) is 0 Å². The van der Waals surface area contributed by atoms with E-state index in [1.54, 1.807) is 0 Å². The van der Waals surface area contributed by atoms with Crippen molar-refractivity contribution in [3.05, 3.63) is 96.1 Å². The SMILES string of the molecule is CC(C)(C1=N[C@H](Cc2ccc3ccccc3c2)CO1)C1=N[C@H](Cc2ccc3ccccc3c2)CO1. The lowest BCUT2D eigenvalue weighted by molar-refractivity contribution is 0.263. The average molecular weight is 463 g/mol. The summed E-state index contributed by atoms with van der Waals surface area (Å²) in [6, 6.07) is 30.4. The second-order valence-corrected chi connectivity index (χ2v) is 10.2. The van der Waals surface area contributed by atoms with Gasteiger partial charge in [-0.05, 0) is 59.4 Å². The quantitative estimate of drug-likeness (QED) is 0.333. The van der Waals surface area contributed by atoms with Gasteiger partial charge in [0.15, 0.2) is 11.8 Å². The fourth-order valence-electron chi connectivity index (χ4n) is 5.09. The zero-order valence-corrected chi connectivity index (χ0v) is 20.3. The second kappa shape index (κ2) is 8.84. The predicted molar refractivity (Wildman–Crippen MR) is 143 cm³/mol. The Labute approximate surface area is 206 Å². The van der Waals surface area contributed by atoms with Crippen LogP contribution in [0.5, 0.6) is 0 Å². The number of hydrogen-bond donors (Lipinski definition) is 0. The van der Waals surface area contributed by atoms with Gasteiger partial charge >= 0.3 is 0 Å². The van der Waals surface area contributed by atoms with E-state index in [2.05, 4.69) is 98.8 Å². The molecule has 0 fully saturated rings. The van der Waals surface area contributed by atoms with Crippen LogP contribution in [0.1, 0.15) is 25.0 Å². The first-order chi connectivity index (χ1) is 17.0. The zero-order chi connectivity index (χ0) is 23.8. The first-order valence-corrected chi connectivity index (χ1v) is 12.4. The molecule has 2 aliphatic rings. The van der Waals surface area contributed by atoms with Crippen LogP contribution in [-0.2, 0) is 22.3 Å². The Hall–Kier alpha value is -3.66. The molecule has 2 heterocycles. The minimum Gasteiger partial charge on any atom is -0.478 e. The minimum absolute atomic E-state index is 0.112. The molecule has 176 valence electrons. The van der Waals surface area contributed by atoms with Crippen molar-refractivity contribution in [2.45, 2.75) is 38.8 Å². The molecule has 6 rings (SSSR count). The van der Waals surface area contributed by atoms with Crippen LogP contribution in [0.25, 0.3) is 21.5 Å². The lowest BCUT2D eigenvalue weighted by Gasteiger charge is -2.22. The standard InChI is InChI=1S/C31H30N2O2/c1-31(2,29-32-27(19-34-29)17-21-11-13-23-7-3-5-9-25(23)15-21)30-33-28(20-35-30)18-22-12-14-24-8-4-6-10-26(24)16-22/h3-16,27-28H,17-20H2,1-2H3/t27-,28-/m1/s1. The van der Waals surface area contributed by atoms with E-state index in [0.717, 1.165) is 24.6 Å². The highest BCUT2D eigenvalue weighted by molar-refractivity contribution is 6.05. The van der Waals surface area contributed by atoms with Gasteiger partial charge in [0, 0.05) is 0 Å². The Morgan fingerprint density at radius 3 is 1.51 bits per heavy atom. The van der Waals surface area contributed by atoms with Gasteiger partial charge in [-0.1, -0.05) is 84.9 Å². The molecule has 0 bridgehead atoms. The van der Waals surface area contributed by atoms with Crippen molar-refractivity contribution in [3.8, 4) is 0 Å². The summed E-state index contributed by atoms with van der Waals surface area (Å²) in [7, 11) is 0. The van der Waals surface area contributed by atoms with Gasteiger partial charge in [-0.15, -0.1) is 0 Å². The zero-order valence-electron chi connectivity index (χ0n) is 20.3. The van der Waals surface area contributed by atoms with E-state index in [-0.39, 0.29) is 12.1 Å². The molecule has 4 aromatic rings. The van der Waals surface area contributed by atoms with Crippen LogP contribution in [0, 0.1) is 5.41 Å². The molecule has 0 aromatic heterocycles. The largest absolute Gasteiger partial charge is 0.478 e. The summed E-state index contributed by atoms with van der Waals surface area (Å²) in [6.45, 7) is 5.39. The molecule has 2 atom stereocenters. The van der Waals surface area contributed by atoms with Crippen LogP contribution in [-0.4, -0.2) is 37.1 Å². The van der Waals surface area contributed by atoms with Crippen LogP contribution in [0.15, 0.2) is 94.9 Å². The Balaban J connectivity index is 1.15. The first kappa shape index (κ1) is 21.8. The van der Waals surface area contributed by atoms with E-state index >= 15 is 0 Å². The molecular weight excluding hydrogens is 432 g/mol. The van der Waals surface area contributed by atoms with Crippen molar-refractivity contribution in [2.75, 3.05) is 13.2 Å². The number of rotatable bonds is 6. The summed E-state index contributed by atoms with van der Waals surface area (Å²) >= 11 is 0. The summed E-state index contributed by atoms with van der Waals surface area (Å²) in [5.74, 6) is 1.46. The van der Waals surface area contributed by atoms with Crippen molar-refractivity contribution in [2.24, 2.45) is 15.4 Å². The highest BCUT2D eigenvalue weighted by Gasteiger charge is 2.41. The van der Waals surface area contributed by atoms with Gasteiger partial charge in [0.05, 0.1) is 12.1 Å². The third-order valence-corrected chi connectivity index (χ3v) is 7.06. The molecule has 2 aliphatic heterocycles. The molecule has 0 spiro atoms. The van der Waals surface area contributed by atoms with E-state index in [9.17, 15) is 0 Å². The van der Waals surface area contributed by atoms with Gasteiger partial charge in [0.2, 0.25) is 0 Å². The van der Waals surface area contributed by atoms with E-state index in [1.165, 1.54) is 32.7 Å². The highest BCUT2D eigenvalue weighted by Crippen LogP contribution is 2.30. The molecule has 0 saturated carbocycles. The van der Waals surface area contributed by atoms with Crippen molar-refractivity contribution in [3.63, 3.8) is 0 Å². The van der Waals surface area contributed by atoms with Crippen molar-refractivity contribution < 1.29 is 9.47 Å². The molecule has 4 nitrogen and oxygen atoms in total. The second-order valence-electron chi connectivity index (χ2n) is 10.2. The van der Waals surface area contributed by atoms with Crippen LogP contribution < -0.4 is 0 Å². The van der Waals surface area contributed by atoms with E-state index in [0.29, 0.717) is 13.2 Å². The van der Waals surface area contributed by atoms with Crippen molar-refractivity contribution in [1.29, 1.82) is 0 Å². The van der Waals surface area contributed by atoms with Crippen LogP contribution in [0.3, 0.4) is 0 Å². The van der Waals surface area contributed by atoms with Gasteiger partial charge in [-0.2, -0.15) is 0 Å². The van der Waals surface area contributed by atoms with Crippen LogP contribution in [0.2, 0.25) is 0 Å². The molecule has 0 unspecified atom stereocenters. The Morgan fingerprint density at radius 2 is 1.06 bits per heavy atom. The molecule has 35 heavy (non-hydrogen) atoms. The maximum atomic E-state index is 6.09. The summed E-state index contributed by atoms with van der Waals surface area (Å²) in [6.07, 6.45) is 1.73. The summed E-state index contributed by atoms with van der Waals surface area (Å²) in [4.78, 5) is 9.91. The third-order valence-electron chi connectivity index (χ3n) is 7.06. The van der Waals surface area contributed by atoms with E-state index in [1.807, 2.05) is 0 Å². The minimum atomic E-state index is -0.476. The number of benzene rings is 4. The lowest BCUT2D eigenvalue weighted by Crippen LogP contribution is -2.34. The lowest BCUT2D eigenvalue weighted by atomic mass is 9.93. The average Bonchev–Trinajstić information content (AvgIpc) is 3.55. The molecule has 0 N–H and O–H groups in total. The normalized spacial score (nSPS) is 19.9. The predicted octanol–water partition coefficient (Wildman–Crippen LogP) is 6.40. The monoisotopic (exact) mass is 462 g/mol. The van der Waals surface area contributed by atoms with Gasteiger partial charge < -0.3 is 9.47 Å². The summed E-state index contributed by atoms with van der Waals surface area (Å²) in [5.41, 5.74) is 2.09. The van der Waals surface area contributed by atoms with E-state index < -0.39 is 5.41 Å². The molecule has 0 amide bonds. The van der Waals surface area contributed by atoms with Gasteiger partial charge in [-0.25, -0.2) is 9.98 Å². The summed E-state index contributed by atoms with van der Waals surface area (Å²) < 4.78 is 12.2. The van der Waals surface area contributed by atoms with Gasteiger partial charge in [0.1, 0.15) is 18.6 Å². The van der Waals surface area contributed by atoms with Crippen molar-refractivity contribution >= 4 is 33.3 Å². The molecule has 0 aliphatic carbocycles. The molecule has 0 radical (unpaired) electrons. The maximum Gasteiger partial charge on any atom is 0.199 e. The number of nitrogens with zero attached hydrogens (tertiary/aromatic N) is 2. The summed E-state index contributed by atoms with van der Waals surface area (Å²) in [5, 5.41) is 5.05. The molecule has 4 aromatic carbocycles. The number of fused-ring (bicyclic) bond motifs is 2. The Morgan fingerprint density at radius 1 is 0.629 bits per heavy atom. The van der Waals surface area contributed by atoms with E-state index in [4.69, 9.17) is 19.5 Å². The number of ether oxygens (including phenoxy) is 2. The smallest absolute Gasteiger partial charge is 0.199 e. The number of hydrogen-bond acceptors (Lipinski definition) is 4. The fraction of sp³-hybridized carbons (Fsp3) is 0.290. The Kier molecular flexibility index (Phi) is 5.52. The number of aliphatic imine (C=N–C) groups is 2. The fourth-order valence-corrected chi connectivity index (χ4v) is 5.09. The third kappa shape index (κ3) is 4.41. The van der Waals surface area contributed by atoms with Gasteiger partial charge in [-0.3, -0.25) is 0 Å². The van der Waals surface area contributed by atoms with Crippen LogP contribution >= 0.6 is 0 Å². The van der Waals surface area contributed by atoms with Gasteiger partial charge in [0.25, 0.3) is 0 Å². The maximum absolute atomic E-state index is 6.09. The van der Waals surface area contributed by atoms with Crippen LogP contribution in [0.4, 0.5) is 0 Å². The first-order valence-electron chi connectivity index (χ1n) is 12.4. The molecular formula is C31H30N2O2. The topological polar surface area (TPSA) is 43.2 Å². The molecule has 4 heteroatoms. The Bertz CT molecular complexity index is 1340. The molecule has 0 saturated heterocycles. The highest BCUT2D eigenvalue weighted by atomic mass is 16.5.